The fourth-order valence-corrected chi connectivity index (χ4v) is 8.14. The molecule has 7 aliphatic rings. The van der Waals surface area contributed by atoms with E-state index in [1.807, 2.05) is 0 Å². The van der Waals surface area contributed by atoms with Crippen molar-refractivity contribution in [3.05, 3.63) is 0 Å². The molecule has 7 rings (SSSR count). The van der Waals surface area contributed by atoms with Crippen molar-refractivity contribution in [2.45, 2.75) is 51.4 Å². The molecule has 7 aliphatic carbocycles. The average Bonchev–Trinajstić information content (AvgIpc) is 3.13. The molecular formula is C18H24. The zero-order valence-corrected chi connectivity index (χ0v) is 11.3. The number of rotatable bonds is 4. The smallest absolute Gasteiger partial charge is 0.0172 e. The van der Waals surface area contributed by atoms with Crippen molar-refractivity contribution in [1.29, 1.82) is 0 Å². The van der Waals surface area contributed by atoms with Gasteiger partial charge in [0.2, 0.25) is 0 Å². The van der Waals surface area contributed by atoms with Gasteiger partial charge in [0.15, 0.2) is 0 Å². The van der Waals surface area contributed by atoms with Crippen molar-refractivity contribution >= 4 is 0 Å². The fraction of sp³-hybridized carbons (Fsp3) is 1.00. The molecule has 0 amide bonds. The maximum Gasteiger partial charge on any atom is -0.0172 e. The molecule has 0 bridgehead atoms. The quantitative estimate of drug-likeness (QED) is 0.694. The van der Waals surface area contributed by atoms with Crippen LogP contribution in [0.4, 0.5) is 0 Å². The van der Waals surface area contributed by atoms with Crippen LogP contribution in [0.3, 0.4) is 0 Å². The lowest BCUT2D eigenvalue weighted by Gasteiger charge is -2.22. The fourth-order valence-electron chi connectivity index (χ4n) is 8.14. The molecule has 0 nitrogen and oxygen atoms in total. The van der Waals surface area contributed by atoms with Crippen molar-refractivity contribution in [3.8, 4) is 0 Å². The van der Waals surface area contributed by atoms with Crippen molar-refractivity contribution in [3.63, 3.8) is 0 Å². The lowest BCUT2D eigenvalue weighted by molar-refractivity contribution is 0.248. The molecule has 0 saturated heterocycles. The van der Waals surface area contributed by atoms with Gasteiger partial charge in [0.05, 0.1) is 0 Å². The predicted octanol–water partition coefficient (Wildman–Crippen LogP) is 4.10. The van der Waals surface area contributed by atoms with Gasteiger partial charge in [-0.3, -0.25) is 0 Å². The lowest BCUT2D eigenvalue weighted by atomic mass is 9.82. The Morgan fingerprint density at radius 2 is 0.611 bits per heavy atom. The van der Waals surface area contributed by atoms with Crippen LogP contribution in [-0.2, 0) is 0 Å². The monoisotopic (exact) mass is 240 g/mol. The summed E-state index contributed by atoms with van der Waals surface area (Å²) in [6.45, 7) is 0. The minimum atomic E-state index is 1.00. The van der Waals surface area contributed by atoms with Crippen molar-refractivity contribution in [2.75, 3.05) is 0 Å². The highest BCUT2D eigenvalue weighted by Crippen LogP contribution is 3.02. The lowest BCUT2D eigenvalue weighted by Crippen LogP contribution is -2.18. The van der Waals surface area contributed by atoms with E-state index in [9.17, 15) is 0 Å². The highest BCUT2D eigenvalue weighted by molar-refractivity contribution is 5.45. The summed E-state index contributed by atoms with van der Waals surface area (Å²) in [5, 5.41) is 0. The SMILES string of the molecule is C1CC1C1(C2CC2)C2C1C1C2C1(C1CC1)C1CC1. The van der Waals surface area contributed by atoms with E-state index >= 15 is 0 Å². The zero-order chi connectivity index (χ0) is 11.3. The predicted molar refractivity (Wildman–Crippen MR) is 69.7 cm³/mol. The number of hydrogen-bond donors (Lipinski definition) is 0. The highest BCUT2D eigenvalue weighted by atomic mass is 15.0. The van der Waals surface area contributed by atoms with E-state index in [4.69, 9.17) is 0 Å². The van der Waals surface area contributed by atoms with E-state index in [-0.39, 0.29) is 0 Å². The van der Waals surface area contributed by atoms with Gasteiger partial charge < -0.3 is 0 Å². The van der Waals surface area contributed by atoms with Gasteiger partial charge in [-0.2, -0.15) is 0 Å². The first-order valence-electron chi connectivity index (χ1n) is 8.91. The molecule has 0 aromatic carbocycles. The highest BCUT2D eigenvalue weighted by Gasteiger charge is 2.98. The van der Waals surface area contributed by atoms with Crippen LogP contribution in [0, 0.1) is 58.2 Å². The minimum Gasteiger partial charge on any atom is -0.0496 e. The van der Waals surface area contributed by atoms with E-state index in [0.717, 1.165) is 10.8 Å². The Morgan fingerprint density at radius 1 is 0.389 bits per heavy atom. The second-order valence-electron chi connectivity index (χ2n) is 9.20. The summed E-state index contributed by atoms with van der Waals surface area (Å²) in [6.07, 6.45) is 13.0. The molecule has 0 N–H and O–H groups in total. The second kappa shape index (κ2) is 2.25. The standard InChI is InChI=1S/C18H24/c1-2-9(1)17(10-3-4-10)13-14(17)16-15(13)18(16,11-5-6-11)12-7-8-12/h9-16H,1-8H2. The molecule has 0 radical (unpaired) electrons. The van der Waals surface area contributed by atoms with Crippen LogP contribution in [0.1, 0.15) is 51.4 Å². The summed E-state index contributed by atoms with van der Waals surface area (Å²) in [6, 6.07) is 0. The molecule has 0 spiro atoms. The summed E-state index contributed by atoms with van der Waals surface area (Å²) in [7, 11) is 0. The Kier molecular flexibility index (Phi) is 1.13. The topological polar surface area (TPSA) is 0 Å². The van der Waals surface area contributed by atoms with Gasteiger partial charge in [-0.05, 0) is 110 Å². The maximum absolute atomic E-state index is 1.63. The molecule has 0 aromatic rings. The van der Waals surface area contributed by atoms with Crippen LogP contribution in [0.2, 0.25) is 0 Å². The third-order valence-corrected chi connectivity index (χ3v) is 8.78. The third-order valence-electron chi connectivity index (χ3n) is 8.78. The molecule has 7 fully saturated rings. The van der Waals surface area contributed by atoms with E-state index in [1.165, 1.54) is 47.3 Å². The Bertz CT molecular complexity index is 364. The van der Waals surface area contributed by atoms with Gasteiger partial charge in [-0.25, -0.2) is 0 Å². The third kappa shape index (κ3) is 0.694. The van der Waals surface area contributed by atoms with Gasteiger partial charge in [0.1, 0.15) is 0 Å². The number of fused-ring (bicyclic) bond motifs is 4. The molecule has 18 heavy (non-hydrogen) atoms. The Morgan fingerprint density at radius 3 is 0.778 bits per heavy atom. The van der Waals surface area contributed by atoms with E-state index in [1.54, 1.807) is 51.4 Å². The summed E-state index contributed by atoms with van der Waals surface area (Å²) >= 11 is 0. The molecule has 0 atom stereocenters. The Balaban J connectivity index is 1.28. The molecule has 0 heteroatoms. The van der Waals surface area contributed by atoms with Crippen LogP contribution in [-0.4, -0.2) is 0 Å². The summed E-state index contributed by atoms with van der Waals surface area (Å²) in [4.78, 5) is 0. The Hall–Kier alpha value is 0. The van der Waals surface area contributed by atoms with E-state index < -0.39 is 0 Å². The molecule has 0 aliphatic heterocycles. The molecule has 0 heterocycles. The van der Waals surface area contributed by atoms with Crippen LogP contribution in [0.15, 0.2) is 0 Å². The van der Waals surface area contributed by atoms with E-state index in [0.29, 0.717) is 0 Å². The summed E-state index contributed by atoms with van der Waals surface area (Å²) in [5.74, 6) is 10.1. The summed E-state index contributed by atoms with van der Waals surface area (Å²) in [5.41, 5.74) is 2.01. The first-order chi connectivity index (χ1) is 8.91. The Labute approximate surface area is 110 Å². The van der Waals surface area contributed by atoms with Crippen molar-refractivity contribution < 1.29 is 0 Å². The second-order valence-corrected chi connectivity index (χ2v) is 9.20. The minimum absolute atomic E-state index is 1.00. The van der Waals surface area contributed by atoms with Gasteiger partial charge >= 0.3 is 0 Å². The van der Waals surface area contributed by atoms with Crippen LogP contribution in [0.5, 0.6) is 0 Å². The van der Waals surface area contributed by atoms with Gasteiger partial charge in [0.25, 0.3) is 0 Å². The van der Waals surface area contributed by atoms with Crippen molar-refractivity contribution in [1.82, 2.24) is 0 Å². The van der Waals surface area contributed by atoms with Crippen LogP contribution < -0.4 is 0 Å². The van der Waals surface area contributed by atoms with Gasteiger partial charge in [0, 0.05) is 0 Å². The largest absolute Gasteiger partial charge is 0.0496 e. The summed E-state index contributed by atoms with van der Waals surface area (Å²) < 4.78 is 0. The van der Waals surface area contributed by atoms with Gasteiger partial charge in [-0.1, -0.05) is 0 Å². The molecule has 0 aromatic heterocycles. The maximum atomic E-state index is 1.63. The van der Waals surface area contributed by atoms with E-state index in [2.05, 4.69) is 0 Å². The first kappa shape index (κ1) is 9.03. The molecule has 96 valence electrons. The normalized spacial score (nSPS) is 57.3. The first-order valence-corrected chi connectivity index (χ1v) is 8.91. The van der Waals surface area contributed by atoms with Crippen molar-refractivity contribution in [2.24, 2.45) is 58.2 Å². The molecule has 7 saturated carbocycles. The number of hydrogen-bond acceptors (Lipinski definition) is 0. The van der Waals surface area contributed by atoms with Crippen LogP contribution >= 0.6 is 0 Å². The average molecular weight is 240 g/mol. The molecule has 0 unspecified atom stereocenters. The van der Waals surface area contributed by atoms with Gasteiger partial charge in [-0.15, -0.1) is 0 Å². The zero-order valence-electron chi connectivity index (χ0n) is 11.3. The van der Waals surface area contributed by atoms with Crippen LogP contribution in [0.25, 0.3) is 0 Å². The molecular weight excluding hydrogens is 216 g/mol.